The van der Waals surface area contributed by atoms with Crippen LogP contribution in [0.15, 0.2) is 48.8 Å². The van der Waals surface area contributed by atoms with E-state index in [1.54, 1.807) is 12.3 Å². The van der Waals surface area contributed by atoms with Crippen LogP contribution in [0.4, 0.5) is 5.95 Å². The number of aryl methyl sites for hydroxylation is 1. The summed E-state index contributed by atoms with van der Waals surface area (Å²) in [5.41, 5.74) is 2.40. The number of nitrogens with one attached hydrogen (secondary N) is 2. The van der Waals surface area contributed by atoms with Gasteiger partial charge in [0.1, 0.15) is 5.75 Å². The molecule has 0 amide bonds. The summed E-state index contributed by atoms with van der Waals surface area (Å²) < 4.78 is 5.75. The Morgan fingerprint density at radius 1 is 1.17 bits per heavy atom. The van der Waals surface area contributed by atoms with Crippen LogP contribution in [-0.2, 0) is 6.42 Å². The van der Waals surface area contributed by atoms with Crippen molar-refractivity contribution in [3.63, 3.8) is 0 Å². The highest BCUT2D eigenvalue weighted by Gasteiger charge is 2.22. The summed E-state index contributed by atoms with van der Waals surface area (Å²) >= 11 is 0. The van der Waals surface area contributed by atoms with E-state index in [4.69, 9.17) is 4.74 Å². The number of rotatable bonds is 4. The molecule has 1 atom stereocenters. The van der Waals surface area contributed by atoms with Crippen molar-refractivity contribution in [3.8, 4) is 11.6 Å². The molecule has 0 radical (unpaired) electrons. The van der Waals surface area contributed by atoms with E-state index in [1.165, 1.54) is 5.56 Å². The zero-order valence-corrected chi connectivity index (χ0v) is 12.6. The predicted molar refractivity (Wildman–Crippen MR) is 86.4 cm³/mol. The maximum absolute atomic E-state index is 5.75. The first-order chi connectivity index (χ1) is 11.4. The summed E-state index contributed by atoms with van der Waals surface area (Å²) in [6, 6.07) is 11.5. The van der Waals surface area contributed by atoms with Crippen molar-refractivity contribution in [3.05, 3.63) is 60.0 Å². The van der Waals surface area contributed by atoms with E-state index in [9.17, 15) is 0 Å². The SMILES string of the molecule is c1ccc(Oc2ccnc(NC3CCCc4cn[nH]c43)n2)cc1. The third-order valence-corrected chi connectivity index (χ3v) is 3.94. The van der Waals surface area contributed by atoms with Gasteiger partial charge < -0.3 is 10.1 Å². The molecule has 0 saturated heterocycles. The molecule has 1 aliphatic carbocycles. The highest BCUT2D eigenvalue weighted by atomic mass is 16.5. The minimum absolute atomic E-state index is 0.160. The minimum atomic E-state index is 0.160. The van der Waals surface area contributed by atoms with Gasteiger partial charge in [0, 0.05) is 12.3 Å². The van der Waals surface area contributed by atoms with E-state index in [2.05, 4.69) is 25.5 Å². The van der Waals surface area contributed by atoms with Crippen LogP contribution in [0.3, 0.4) is 0 Å². The van der Waals surface area contributed by atoms with Gasteiger partial charge >= 0.3 is 0 Å². The van der Waals surface area contributed by atoms with Crippen molar-refractivity contribution >= 4 is 5.95 Å². The van der Waals surface area contributed by atoms with E-state index in [0.29, 0.717) is 11.8 Å². The zero-order valence-electron chi connectivity index (χ0n) is 12.6. The quantitative estimate of drug-likeness (QED) is 0.771. The molecule has 0 spiro atoms. The number of fused-ring (bicyclic) bond motifs is 1. The third-order valence-electron chi connectivity index (χ3n) is 3.94. The van der Waals surface area contributed by atoms with E-state index >= 15 is 0 Å². The number of hydrogen-bond acceptors (Lipinski definition) is 5. The predicted octanol–water partition coefficient (Wildman–Crippen LogP) is 3.48. The molecule has 116 valence electrons. The monoisotopic (exact) mass is 307 g/mol. The highest BCUT2D eigenvalue weighted by molar-refractivity contribution is 5.36. The van der Waals surface area contributed by atoms with Gasteiger partial charge in [-0.3, -0.25) is 5.10 Å². The molecule has 2 N–H and O–H groups in total. The second-order valence-electron chi connectivity index (χ2n) is 5.53. The fourth-order valence-electron chi connectivity index (χ4n) is 2.84. The van der Waals surface area contributed by atoms with Gasteiger partial charge in [-0.05, 0) is 37.0 Å². The number of aromatic amines is 1. The normalized spacial score (nSPS) is 16.6. The van der Waals surface area contributed by atoms with Crippen molar-refractivity contribution in [2.45, 2.75) is 25.3 Å². The molecular weight excluding hydrogens is 290 g/mol. The largest absolute Gasteiger partial charge is 0.439 e. The molecule has 1 unspecified atom stereocenters. The second-order valence-corrected chi connectivity index (χ2v) is 5.53. The highest BCUT2D eigenvalue weighted by Crippen LogP contribution is 2.30. The van der Waals surface area contributed by atoms with Gasteiger partial charge in [-0.1, -0.05) is 18.2 Å². The van der Waals surface area contributed by atoms with Gasteiger partial charge in [-0.25, -0.2) is 4.98 Å². The number of para-hydroxylation sites is 1. The van der Waals surface area contributed by atoms with Crippen LogP contribution in [-0.4, -0.2) is 20.2 Å². The Bertz CT molecular complexity index is 786. The van der Waals surface area contributed by atoms with E-state index in [1.807, 2.05) is 36.5 Å². The van der Waals surface area contributed by atoms with Gasteiger partial charge in [-0.2, -0.15) is 10.1 Å². The van der Waals surface area contributed by atoms with Gasteiger partial charge in [0.2, 0.25) is 11.8 Å². The summed E-state index contributed by atoms with van der Waals surface area (Å²) in [4.78, 5) is 8.74. The van der Waals surface area contributed by atoms with Crippen LogP contribution in [0, 0.1) is 0 Å². The first kappa shape index (κ1) is 13.8. The first-order valence-corrected chi connectivity index (χ1v) is 7.73. The van der Waals surface area contributed by atoms with E-state index in [-0.39, 0.29) is 6.04 Å². The van der Waals surface area contributed by atoms with Crippen molar-refractivity contribution in [2.75, 3.05) is 5.32 Å². The number of nitrogens with zero attached hydrogens (tertiary/aromatic N) is 3. The van der Waals surface area contributed by atoms with Crippen LogP contribution >= 0.6 is 0 Å². The topological polar surface area (TPSA) is 75.7 Å². The maximum Gasteiger partial charge on any atom is 0.226 e. The molecule has 1 aliphatic rings. The molecule has 4 rings (SSSR count). The molecule has 1 aromatic carbocycles. The van der Waals surface area contributed by atoms with Crippen molar-refractivity contribution < 1.29 is 4.74 Å². The lowest BCUT2D eigenvalue weighted by Crippen LogP contribution is -2.18. The average molecular weight is 307 g/mol. The maximum atomic E-state index is 5.75. The lowest BCUT2D eigenvalue weighted by atomic mass is 9.94. The van der Waals surface area contributed by atoms with Gasteiger partial charge in [0.05, 0.1) is 17.9 Å². The molecule has 23 heavy (non-hydrogen) atoms. The summed E-state index contributed by atoms with van der Waals surface area (Å²) in [6.07, 6.45) is 6.83. The fourth-order valence-corrected chi connectivity index (χ4v) is 2.84. The fraction of sp³-hybridized carbons (Fsp3) is 0.235. The number of hydrogen-bond donors (Lipinski definition) is 2. The number of ether oxygens (including phenoxy) is 1. The van der Waals surface area contributed by atoms with Gasteiger partial charge in [-0.15, -0.1) is 0 Å². The summed E-state index contributed by atoms with van der Waals surface area (Å²) in [5.74, 6) is 1.84. The Labute approximate surface area is 133 Å². The molecule has 3 aromatic rings. The van der Waals surface area contributed by atoms with E-state index < -0.39 is 0 Å². The number of anilines is 1. The average Bonchev–Trinajstić information content (AvgIpc) is 3.06. The number of benzene rings is 1. The van der Waals surface area contributed by atoms with Gasteiger partial charge in [0.15, 0.2) is 0 Å². The van der Waals surface area contributed by atoms with Crippen molar-refractivity contribution in [1.82, 2.24) is 20.2 Å². The molecular formula is C17H17N5O. The van der Waals surface area contributed by atoms with Crippen molar-refractivity contribution in [1.29, 1.82) is 0 Å². The van der Waals surface area contributed by atoms with E-state index in [0.717, 1.165) is 30.7 Å². The van der Waals surface area contributed by atoms with Crippen LogP contribution in [0.5, 0.6) is 11.6 Å². The molecule has 0 saturated carbocycles. The number of aromatic nitrogens is 4. The lowest BCUT2D eigenvalue weighted by Gasteiger charge is -2.22. The summed E-state index contributed by atoms with van der Waals surface area (Å²) in [5, 5.41) is 10.6. The first-order valence-electron chi connectivity index (χ1n) is 7.73. The van der Waals surface area contributed by atoms with Crippen LogP contribution < -0.4 is 10.1 Å². The molecule has 0 fully saturated rings. The molecule has 2 heterocycles. The number of H-pyrrole nitrogens is 1. The minimum Gasteiger partial charge on any atom is -0.439 e. The Balaban J connectivity index is 1.51. The molecule has 6 nitrogen and oxygen atoms in total. The van der Waals surface area contributed by atoms with Gasteiger partial charge in [0.25, 0.3) is 0 Å². The molecule has 0 bridgehead atoms. The van der Waals surface area contributed by atoms with Crippen molar-refractivity contribution in [2.24, 2.45) is 0 Å². The smallest absolute Gasteiger partial charge is 0.226 e. The zero-order chi connectivity index (χ0) is 15.5. The standard InChI is InChI=1S/C17H17N5O/c1-2-6-13(7-3-1)23-15-9-10-18-17(21-15)20-14-8-4-5-12-11-19-22-16(12)14/h1-3,6-7,9-11,14H,4-5,8H2,(H,19,22)(H,18,20,21). The Morgan fingerprint density at radius 3 is 3.00 bits per heavy atom. The Kier molecular flexibility index (Phi) is 3.63. The lowest BCUT2D eigenvalue weighted by molar-refractivity contribution is 0.461. The Hall–Kier alpha value is -2.89. The Morgan fingerprint density at radius 2 is 2.09 bits per heavy atom. The molecule has 2 aromatic heterocycles. The molecule has 0 aliphatic heterocycles. The van der Waals surface area contributed by atoms with Crippen LogP contribution in [0.25, 0.3) is 0 Å². The molecule has 6 heteroatoms. The summed E-state index contributed by atoms with van der Waals surface area (Å²) in [6.45, 7) is 0. The summed E-state index contributed by atoms with van der Waals surface area (Å²) in [7, 11) is 0. The third kappa shape index (κ3) is 3.01. The van der Waals surface area contributed by atoms with Crippen LogP contribution in [0.1, 0.15) is 30.1 Å². The van der Waals surface area contributed by atoms with Crippen LogP contribution in [0.2, 0.25) is 0 Å². The second kappa shape index (κ2) is 6.08.